The van der Waals surface area contributed by atoms with Crippen LogP contribution in [0.5, 0.6) is 0 Å². The monoisotopic (exact) mass is 294 g/mol. The highest BCUT2D eigenvalue weighted by Gasteiger charge is 2.11. The number of aromatic nitrogens is 2. The molecule has 0 N–H and O–H groups in total. The Balaban J connectivity index is 1.87. The van der Waals surface area contributed by atoms with Crippen LogP contribution in [0.3, 0.4) is 0 Å². The van der Waals surface area contributed by atoms with Gasteiger partial charge in [-0.2, -0.15) is 0 Å². The lowest BCUT2D eigenvalue weighted by Gasteiger charge is -1.99. The normalized spacial score (nSPS) is 10.5. The van der Waals surface area contributed by atoms with Gasteiger partial charge < -0.3 is 9.15 Å². The first-order chi connectivity index (χ1) is 10.7. The van der Waals surface area contributed by atoms with Crippen LogP contribution >= 0.6 is 0 Å². The van der Waals surface area contributed by atoms with Crippen LogP contribution in [-0.4, -0.2) is 23.3 Å². The van der Waals surface area contributed by atoms with E-state index in [1.807, 2.05) is 31.2 Å². The molecule has 22 heavy (non-hydrogen) atoms. The van der Waals surface area contributed by atoms with Crippen molar-refractivity contribution >= 4 is 5.97 Å². The predicted octanol–water partition coefficient (Wildman–Crippen LogP) is 3.50. The van der Waals surface area contributed by atoms with E-state index in [0.717, 1.165) is 11.1 Å². The summed E-state index contributed by atoms with van der Waals surface area (Å²) in [6.45, 7) is 2.02. The minimum absolute atomic E-state index is 0.377. The van der Waals surface area contributed by atoms with E-state index < -0.39 is 0 Å². The van der Waals surface area contributed by atoms with Crippen molar-refractivity contribution in [1.29, 1.82) is 0 Å². The first kappa shape index (κ1) is 14.0. The molecule has 0 aliphatic heterocycles. The fourth-order valence-electron chi connectivity index (χ4n) is 2.02. The molecule has 0 spiro atoms. The van der Waals surface area contributed by atoms with E-state index in [1.165, 1.54) is 12.7 Å². The van der Waals surface area contributed by atoms with Gasteiger partial charge >= 0.3 is 5.97 Å². The highest BCUT2D eigenvalue weighted by atomic mass is 16.5. The van der Waals surface area contributed by atoms with Gasteiger partial charge in [0.2, 0.25) is 11.8 Å². The molecule has 1 aromatic heterocycles. The van der Waals surface area contributed by atoms with Crippen LogP contribution in [0.1, 0.15) is 15.9 Å². The van der Waals surface area contributed by atoms with Gasteiger partial charge in [-0.1, -0.05) is 17.7 Å². The average Bonchev–Trinajstić information content (AvgIpc) is 3.05. The third kappa shape index (κ3) is 2.74. The molecule has 0 aliphatic carbocycles. The predicted molar refractivity (Wildman–Crippen MR) is 81.2 cm³/mol. The number of nitrogens with zero attached hydrogens (tertiary/aromatic N) is 2. The molecule has 3 aromatic rings. The number of ether oxygens (including phenoxy) is 1. The smallest absolute Gasteiger partial charge is 0.337 e. The van der Waals surface area contributed by atoms with Gasteiger partial charge in [0, 0.05) is 11.1 Å². The summed E-state index contributed by atoms with van der Waals surface area (Å²) in [5, 5.41) is 8.10. The fraction of sp³-hybridized carbons (Fsp3) is 0.118. The second-order valence-electron chi connectivity index (χ2n) is 4.85. The Bertz CT molecular complexity index is 790. The molecule has 110 valence electrons. The topological polar surface area (TPSA) is 65.2 Å². The van der Waals surface area contributed by atoms with Gasteiger partial charge in [0.05, 0.1) is 12.7 Å². The summed E-state index contributed by atoms with van der Waals surface area (Å²) in [6.07, 6.45) is 0. The van der Waals surface area contributed by atoms with Gasteiger partial charge in [0.1, 0.15) is 0 Å². The van der Waals surface area contributed by atoms with Crippen LogP contribution < -0.4 is 0 Å². The van der Waals surface area contributed by atoms with E-state index in [4.69, 9.17) is 4.42 Å². The molecule has 0 bridgehead atoms. The quantitative estimate of drug-likeness (QED) is 0.692. The second-order valence-corrected chi connectivity index (χ2v) is 4.85. The zero-order valence-corrected chi connectivity index (χ0v) is 12.2. The zero-order valence-electron chi connectivity index (χ0n) is 12.2. The Morgan fingerprint density at radius 1 is 0.909 bits per heavy atom. The Morgan fingerprint density at radius 3 is 1.91 bits per heavy atom. The van der Waals surface area contributed by atoms with E-state index in [1.54, 1.807) is 24.3 Å². The standard InChI is InChI=1S/C17H14N2O3/c1-11-3-5-12(6-4-11)15-18-19-16(22-15)13-7-9-14(10-8-13)17(20)21-2/h3-10H,1-2H3. The Labute approximate surface area is 127 Å². The summed E-state index contributed by atoms with van der Waals surface area (Å²) in [4.78, 5) is 11.4. The largest absolute Gasteiger partial charge is 0.465 e. The number of methoxy groups -OCH3 is 1. The molecule has 5 nitrogen and oxygen atoms in total. The van der Waals surface area contributed by atoms with Gasteiger partial charge in [0.25, 0.3) is 0 Å². The van der Waals surface area contributed by atoms with Gasteiger partial charge in [0.15, 0.2) is 0 Å². The molecule has 0 saturated heterocycles. The first-order valence-electron chi connectivity index (χ1n) is 6.76. The Hall–Kier alpha value is -2.95. The third-order valence-corrected chi connectivity index (χ3v) is 3.28. The molecule has 0 atom stereocenters. The summed E-state index contributed by atoms with van der Waals surface area (Å²) in [6, 6.07) is 14.7. The molecule has 0 aliphatic rings. The van der Waals surface area contributed by atoms with Crippen LogP contribution in [0.2, 0.25) is 0 Å². The van der Waals surface area contributed by atoms with Gasteiger partial charge in [-0.25, -0.2) is 4.79 Å². The fourth-order valence-corrected chi connectivity index (χ4v) is 2.02. The number of esters is 1. The molecule has 0 saturated carbocycles. The van der Waals surface area contributed by atoms with Gasteiger partial charge in [-0.3, -0.25) is 0 Å². The highest BCUT2D eigenvalue weighted by Crippen LogP contribution is 2.24. The molecule has 3 rings (SSSR count). The molecule has 0 radical (unpaired) electrons. The summed E-state index contributed by atoms with van der Waals surface area (Å²) < 4.78 is 10.3. The summed E-state index contributed by atoms with van der Waals surface area (Å²) in [5.74, 6) is 0.497. The van der Waals surface area contributed by atoms with E-state index >= 15 is 0 Å². The van der Waals surface area contributed by atoms with Crippen molar-refractivity contribution in [1.82, 2.24) is 10.2 Å². The highest BCUT2D eigenvalue weighted by molar-refractivity contribution is 5.89. The summed E-state index contributed by atoms with van der Waals surface area (Å²) in [7, 11) is 1.35. The Morgan fingerprint density at radius 2 is 1.41 bits per heavy atom. The van der Waals surface area contributed by atoms with E-state index in [9.17, 15) is 4.79 Å². The molecule has 0 unspecified atom stereocenters. The molecule has 0 fully saturated rings. The minimum atomic E-state index is -0.377. The minimum Gasteiger partial charge on any atom is -0.465 e. The van der Waals surface area contributed by atoms with E-state index in [-0.39, 0.29) is 5.97 Å². The van der Waals surface area contributed by atoms with Crippen molar-refractivity contribution in [3.8, 4) is 22.9 Å². The van der Waals surface area contributed by atoms with Crippen molar-refractivity contribution in [3.63, 3.8) is 0 Å². The van der Waals surface area contributed by atoms with Crippen molar-refractivity contribution in [2.45, 2.75) is 6.92 Å². The van der Waals surface area contributed by atoms with Crippen LogP contribution in [0.25, 0.3) is 22.9 Å². The molecular weight excluding hydrogens is 280 g/mol. The van der Waals surface area contributed by atoms with Crippen molar-refractivity contribution in [2.75, 3.05) is 7.11 Å². The average molecular weight is 294 g/mol. The maximum Gasteiger partial charge on any atom is 0.337 e. The number of hydrogen-bond acceptors (Lipinski definition) is 5. The lowest BCUT2D eigenvalue weighted by atomic mass is 10.1. The lowest BCUT2D eigenvalue weighted by Crippen LogP contribution is -2.00. The number of carbonyl (C=O) groups excluding carboxylic acids is 1. The molecule has 2 aromatic carbocycles. The maximum absolute atomic E-state index is 11.4. The third-order valence-electron chi connectivity index (χ3n) is 3.28. The zero-order chi connectivity index (χ0) is 15.5. The number of rotatable bonds is 3. The number of carbonyl (C=O) groups is 1. The van der Waals surface area contributed by atoms with E-state index in [0.29, 0.717) is 17.3 Å². The van der Waals surface area contributed by atoms with Crippen LogP contribution in [0, 0.1) is 6.92 Å². The number of aryl methyl sites for hydroxylation is 1. The molecular formula is C17H14N2O3. The summed E-state index contributed by atoms with van der Waals surface area (Å²) >= 11 is 0. The maximum atomic E-state index is 11.4. The Kier molecular flexibility index (Phi) is 3.70. The van der Waals surface area contributed by atoms with Crippen molar-refractivity contribution in [2.24, 2.45) is 0 Å². The SMILES string of the molecule is COC(=O)c1ccc(-c2nnc(-c3ccc(C)cc3)o2)cc1. The summed E-state index contributed by atoms with van der Waals surface area (Å²) in [5.41, 5.74) is 3.26. The van der Waals surface area contributed by atoms with Crippen LogP contribution in [-0.2, 0) is 4.74 Å². The molecule has 0 amide bonds. The van der Waals surface area contributed by atoms with Crippen LogP contribution in [0.4, 0.5) is 0 Å². The number of benzene rings is 2. The second kappa shape index (κ2) is 5.81. The first-order valence-corrected chi connectivity index (χ1v) is 6.76. The number of hydrogen-bond donors (Lipinski definition) is 0. The van der Waals surface area contributed by atoms with E-state index in [2.05, 4.69) is 14.9 Å². The van der Waals surface area contributed by atoms with Gasteiger partial charge in [-0.05, 0) is 43.3 Å². The van der Waals surface area contributed by atoms with Crippen molar-refractivity contribution < 1.29 is 13.9 Å². The molecule has 5 heteroatoms. The lowest BCUT2D eigenvalue weighted by molar-refractivity contribution is 0.0601. The van der Waals surface area contributed by atoms with Crippen LogP contribution in [0.15, 0.2) is 52.9 Å². The van der Waals surface area contributed by atoms with Crippen molar-refractivity contribution in [3.05, 3.63) is 59.7 Å². The van der Waals surface area contributed by atoms with Gasteiger partial charge in [-0.15, -0.1) is 10.2 Å². The molecule has 1 heterocycles.